The molecule has 3 rings (SSSR count). The number of nitrogens with two attached hydrogens (primary N) is 1. The number of hydrogen-bond acceptors (Lipinski definition) is 5. The maximum atomic E-state index is 13.0. The smallest absolute Gasteiger partial charge is 0.266 e. The zero-order valence-electron chi connectivity index (χ0n) is 16.0. The van der Waals surface area contributed by atoms with Gasteiger partial charge in [-0.25, -0.2) is 0 Å². The lowest BCUT2D eigenvalue weighted by Crippen LogP contribution is -2.46. The topological polar surface area (TPSA) is 130 Å². The van der Waals surface area contributed by atoms with E-state index in [1.54, 1.807) is 4.90 Å². The maximum absolute atomic E-state index is 13.0. The van der Waals surface area contributed by atoms with Crippen LogP contribution in [0.25, 0.3) is 0 Å². The van der Waals surface area contributed by atoms with Gasteiger partial charge in [0.2, 0.25) is 11.8 Å². The summed E-state index contributed by atoms with van der Waals surface area (Å²) in [5.41, 5.74) is 8.61. The second kappa shape index (κ2) is 9.09. The van der Waals surface area contributed by atoms with Crippen molar-refractivity contribution >= 4 is 27.6 Å². The first-order valence-electron chi connectivity index (χ1n) is 9.22. The van der Waals surface area contributed by atoms with Gasteiger partial charge in [-0.3, -0.25) is 14.1 Å². The summed E-state index contributed by atoms with van der Waals surface area (Å²) in [6.07, 6.45) is -0.0196. The summed E-state index contributed by atoms with van der Waals surface area (Å²) >= 11 is 0. The largest absolute Gasteiger partial charge is 0.354 e. The third kappa shape index (κ3) is 5.45. The minimum Gasteiger partial charge on any atom is -0.354 e. The fraction of sp³-hybridized carbons (Fsp3) is 0.238. The third-order valence-electron chi connectivity index (χ3n) is 4.54. The Labute approximate surface area is 174 Å². The van der Waals surface area contributed by atoms with E-state index in [0.717, 1.165) is 16.7 Å². The predicted octanol–water partition coefficient (Wildman–Crippen LogP) is 0.654. The van der Waals surface area contributed by atoms with Gasteiger partial charge in [0.05, 0.1) is 18.0 Å². The van der Waals surface area contributed by atoms with E-state index in [0.29, 0.717) is 12.2 Å². The molecule has 0 aromatic heterocycles. The Morgan fingerprint density at radius 1 is 1.10 bits per heavy atom. The van der Waals surface area contributed by atoms with Crippen LogP contribution < -0.4 is 16.0 Å². The molecule has 30 heavy (non-hydrogen) atoms. The number of fused-ring (bicyclic) bond motifs is 2. The molecule has 1 aliphatic rings. The minimum absolute atomic E-state index is 0.0196. The van der Waals surface area contributed by atoms with Crippen molar-refractivity contribution in [2.24, 2.45) is 5.73 Å². The van der Waals surface area contributed by atoms with Crippen LogP contribution in [0.3, 0.4) is 0 Å². The SMILES string of the molecule is N[C@@H](CS(=O)(=O)O)C(=O)NCCC(=O)N1Cc2ccccc2C#Cc2ccccc21. The van der Waals surface area contributed by atoms with E-state index in [4.69, 9.17) is 10.3 Å². The summed E-state index contributed by atoms with van der Waals surface area (Å²) in [5, 5.41) is 2.43. The molecule has 0 unspecified atom stereocenters. The van der Waals surface area contributed by atoms with Crippen LogP contribution in [-0.4, -0.2) is 43.1 Å². The number of hydrogen-bond donors (Lipinski definition) is 3. The molecule has 1 heterocycles. The monoisotopic (exact) mass is 427 g/mol. The van der Waals surface area contributed by atoms with Gasteiger partial charge in [0.25, 0.3) is 10.1 Å². The van der Waals surface area contributed by atoms with Gasteiger partial charge in [-0.05, 0) is 23.8 Å². The standard InChI is InChI=1S/C21H21N3O5S/c22-18(14-30(27,28)29)21(26)23-12-11-20(25)24-13-17-7-2-1-5-15(17)9-10-16-6-3-4-8-19(16)24/h1-8,18H,11-14,22H2,(H,23,26)(H,27,28,29)/t18-/m0/s1. The lowest BCUT2D eigenvalue weighted by molar-refractivity contribution is -0.122. The van der Waals surface area contributed by atoms with Gasteiger partial charge in [0, 0.05) is 24.1 Å². The Balaban J connectivity index is 1.73. The van der Waals surface area contributed by atoms with Gasteiger partial charge in [0.1, 0.15) is 6.04 Å². The molecule has 8 nitrogen and oxygen atoms in total. The van der Waals surface area contributed by atoms with Gasteiger partial charge in [0.15, 0.2) is 0 Å². The van der Waals surface area contributed by atoms with Crippen LogP contribution in [0.4, 0.5) is 5.69 Å². The number of nitrogens with one attached hydrogen (secondary N) is 1. The summed E-state index contributed by atoms with van der Waals surface area (Å²) in [6.45, 7) is 0.305. The highest BCUT2D eigenvalue weighted by atomic mass is 32.2. The lowest BCUT2D eigenvalue weighted by atomic mass is 10.0. The van der Waals surface area contributed by atoms with Crippen LogP contribution in [0.5, 0.6) is 0 Å². The average Bonchev–Trinajstić information content (AvgIpc) is 2.68. The number of amides is 2. The van der Waals surface area contributed by atoms with E-state index in [1.165, 1.54) is 0 Å². The Kier molecular flexibility index (Phi) is 6.52. The van der Waals surface area contributed by atoms with Crippen LogP contribution in [0.2, 0.25) is 0 Å². The van der Waals surface area contributed by atoms with Crippen LogP contribution >= 0.6 is 0 Å². The number of nitrogens with zero attached hydrogens (tertiary/aromatic N) is 1. The number of carbonyl (C=O) groups is 2. The zero-order chi connectivity index (χ0) is 21.7. The number of carbonyl (C=O) groups excluding carboxylic acids is 2. The van der Waals surface area contributed by atoms with E-state index >= 15 is 0 Å². The molecule has 1 atom stereocenters. The molecule has 156 valence electrons. The molecule has 0 bridgehead atoms. The van der Waals surface area contributed by atoms with Crippen molar-refractivity contribution < 1.29 is 22.6 Å². The fourth-order valence-electron chi connectivity index (χ4n) is 3.07. The zero-order valence-corrected chi connectivity index (χ0v) is 16.9. The summed E-state index contributed by atoms with van der Waals surface area (Å²) in [7, 11) is -4.37. The third-order valence-corrected chi connectivity index (χ3v) is 5.32. The van der Waals surface area contributed by atoms with Gasteiger partial charge < -0.3 is 16.0 Å². The maximum Gasteiger partial charge on any atom is 0.266 e. The van der Waals surface area contributed by atoms with E-state index in [-0.39, 0.29) is 18.9 Å². The molecular formula is C21H21N3O5S. The van der Waals surface area contributed by atoms with Crippen molar-refractivity contribution in [1.29, 1.82) is 0 Å². The normalized spacial score (nSPS) is 13.6. The molecule has 2 amide bonds. The Morgan fingerprint density at radius 2 is 1.73 bits per heavy atom. The van der Waals surface area contributed by atoms with Crippen molar-refractivity contribution in [3.63, 3.8) is 0 Å². The van der Waals surface area contributed by atoms with Gasteiger partial charge in [-0.2, -0.15) is 8.42 Å². The molecule has 2 aromatic carbocycles. The summed E-state index contributed by atoms with van der Waals surface area (Å²) < 4.78 is 30.5. The Hall–Kier alpha value is -3.19. The molecular weight excluding hydrogens is 406 g/mol. The van der Waals surface area contributed by atoms with E-state index < -0.39 is 27.8 Å². The molecule has 9 heteroatoms. The van der Waals surface area contributed by atoms with E-state index in [2.05, 4.69) is 17.2 Å². The van der Waals surface area contributed by atoms with Crippen molar-refractivity contribution in [2.45, 2.75) is 19.0 Å². The number of rotatable bonds is 6. The first-order valence-corrected chi connectivity index (χ1v) is 10.8. The molecule has 0 saturated heterocycles. The van der Waals surface area contributed by atoms with Crippen LogP contribution in [-0.2, 0) is 26.3 Å². The van der Waals surface area contributed by atoms with Crippen LogP contribution in [0.1, 0.15) is 23.1 Å². The first kappa shape index (κ1) is 21.5. The Morgan fingerprint density at radius 3 is 2.47 bits per heavy atom. The van der Waals surface area contributed by atoms with Crippen molar-refractivity contribution in [3.8, 4) is 11.8 Å². The summed E-state index contributed by atoms with van der Waals surface area (Å²) in [5.74, 6) is 4.37. The second-order valence-electron chi connectivity index (χ2n) is 6.80. The molecule has 0 spiro atoms. The first-order chi connectivity index (χ1) is 14.2. The second-order valence-corrected chi connectivity index (χ2v) is 8.30. The molecule has 0 radical (unpaired) electrons. The van der Waals surface area contributed by atoms with Crippen molar-refractivity contribution in [3.05, 3.63) is 65.2 Å². The van der Waals surface area contributed by atoms with E-state index in [1.807, 2.05) is 48.5 Å². The molecule has 0 fully saturated rings. The highest BCUT2D eigenvalue weighted by molar-refractivity contribution is 7.85. The van der Waals surface area contributed by atoms with Crippen LogP contribution in [0, 0.1) is 11.8 Å². The molecule has 0 saturated carbocycles. The Bertz CT molecular complexity index is 1130. The highest BCUT2D eigenvalue weighted by Gasteiger charge is 2.23. The quantitative estimate of drug-likeness (QED) is 0.459. The number of anilines is 1. The fourth-order valence-corrected chi connectivity index (χ4v) is 3.67. The lowest BCUT2D eigenvalue weighted by Gasteiger charge is -2.26. The van der Waals surface area contributed by atoms with E-state index in [9.17, 15) is 18.0 Å². The van der Waals surface area contributed by atoms with Crippen molar-refractivity contribution in [1.82, 2.24) is 5.32 Å². The summed E-state index contributed by atoms with van der Waals surface area (Å²) in [4.78, 5) is 26.5. The summed E-state index contributed by atoms with van der Waals surface area (Å²) in [6, 6.07) is 13.5. The van der Waals surface area contributed by atoms with Crippen molar-refractivity contribution in [2.75, 3.05) is 17.2 Å². The highest BCUT2D eigenvalue weighted by Crippen LogP contribution is 2.25. The van der Waals surface area contributed by atoms with Gasteiger partial charge >= 0.3 is 0 Å². The predicted molar refractivity (Wildman–Crippen MR) is 112 cm³/mol. The molecule has 2 aromatic rings. The number of para-hydroxylation sites is 1. The number of benzene rings is 2. The molecule has 4 N–H and O–H groups in total. The minimum atomic E-state index is -4.37. The molecule has 1 aliphatic heterocycles. The van der Waals surface area contributed by atoms with Gasteiger partial charge in [-0.15, -0.1) is 0 Å². The average molecular weight is 427 g/mol. The van der Waals surface area contributed by atoms with Gasteiger partial charge in [-0.1, -0.05) is 42.2 Å². The molecule has 0 aliphatic carbocycles. The van der Waals surface area contributed by atoms with Crippen LogP contribution in [0.15, 0.2) is 48.5 Å².